The molecule has 1 fully saturated rings. The van der Waals surface area contributed by atoms with Crippen molar-refractivity contribution in [1.29, 1.82) is 0 Å². The van der Waals surface area contributed by atoms with Crippen LogP contribution in [0, 0.1) is 0 Å². The molecule has 0 amide bonds. The van der Waals surface area contributed by atoms with Gasteiger partial charge in [-0.2, -0.15) is 8.42 Å². The lowest BCUT2D eigenvalue weighted by Gasteiger charge is -2.29. The molecular formula is C19H22N2O4S. The van der Waals surface area contributed by atoms with Crippen LogP contribution in [0.5, 0.6) is 5.75 Å². The van der Waals surface area contributed by atoms with Gasteiger partial charge in [0, 0.05) is 18.7 Å². The SMILES string of the molecule is CCOc1ccc(S(=O)(=O)/N=C(/c2ccccc2)N2CCOCC2)cc1. The molecule has 138 valence electrons. The van der Waals surface area contributed by atoms with E-state index in [1.165, 1.54) is 12.1 Å². The monoisotopic (exact) mass is 374 g/mol. The molecule has 0 unspecified atom stereocenters. The molecule has 1 saturated heterocycles. The Morgan fingerprint density at radius 1 is 1.08 bits per heavy atom. The quantitative estimate of drug-likeness (QED) is 0.594. The number of hydrogen-bond donors (Lipinski definition) is 0. The van der Waals surface area contributed by atoms with Crippen LogP contribution in [0.4, 0.5) is 0 Å². The highest BCUT2D eigenvalue weighted by atomic mass is 32.2. The summed E-state index contributed by atoms with van der Waals surface area (Å²) in [6, 6.07) is 15.7. The zero-order chi connectivity index (χ0) is 18.4. The van der Waals surface area contributed by atoms with Gasteiger partial charge in [-0.3, -0.25) is 0 Å². The first-order chi connectivity index (χ1) is 12.6. The summed E-state index contributed by atoms with van der Waals surface area (Å²) in [5.74, 6) is 1.08. The topological polar surface area (TPSA) is 68.2 Å². The second-order valence-corrected chi connectivity index (χ2v) is 7.36. The minimum Gasteiger partial charge on any atom is -0.494 e. The van der Waals surface area contributed by atoms with Crippen molar-refractivity contribution in [3.63, 3.8) is 0 Å². The molecule has 0 N–H and O–H groups in total. The first kappa shape index (κ1) is 18.4. The van der Waals surface area contributed by atoms with Gasteiger partial charge in [-0.15, -0.1) is 4.40 Å². The van der Waals surface area contributed by atoms with Gasteiger partial charge in [0.2, 0.25) is 0 Å². The summed E-state index contributed by atoms with van der Waals surface area (Å²) in [6.45, 7) is 4.71. The molecule has 0 spiro atoms. The van der Waals surface area contributed by atoms with Crippen molar-refractivity contribution in [2.45, 2.75) is 11.8 Å². The molecule has 0 saturated carbocycles. The molecule has 1 aliphatic heterocycles. The first-order valence-corrected chi connectivity index (χ1v) is 10.00. The third kappa shape index (κ3) is 4.42. The average molecular weight is 374 g/mol. The highest BCUT2D eigenvalue weighted by molar-refractivity contribution is 7.90. The number of rotatable bonds is 5. The van der Waals surface area contributed by atoms with E-state index in [4.69, 9.17) is 9.47 Å². The molecule has 1 heterocycles. The van der Waals surface area contributed by atoms with Gasteiger partial charge in [-0.25, -0.2) is 0 Å². The molecule has 2 aromatic carbocycles. The van der Waals surface area contributed by atoms with Gasteiger partial charge in [0.25, 0.3) is 10.0 Å². The predicted molar refractivity (Wildman–Crippen MR) is 100 cm³/mol. The van der Waals surface area contributed by atoms with Crippen molar-refractivity contribution in [2.75, 3.05) is 32.9 Å². The molecule has 0 atom stereocenters. The zero-order valence-electron chi connectivity index (χ0n) is 14.7. The van der Waals surface area contributed by atoms with E-state index in [9.17, 15) is 8.42 Å². The summed E-state index contributed by atoms with van der Waals surface area (Å²) in [6.07, 6.45) is 0. The van der Waals surface area contributed by atoms with E-state index in [0.717, 1.165) is 5.56 Å². The molecule has 7 heteroatoms. The van der Waals surface area contributed by atoms with E-state index >= 15 is 0 Å². The summed E-state index contributed by atoms with van der Waals surface area (Å²) >= 11 is 0. The van der Waals surface area contributed by atoms with E-state index in [0.29, 0.717) is 44.5 Å². The normalized spacial score (nSPS) is 15.7. The van der Waals surface area contributed by atoms with Gasteiger partial charge >= 0.3 is 0 Å². The Labute approximate surface area is 154 Å². The van der Waals surface area contributed by atoms with Crippen LogP contribution in [-0.2, 0) is 14.8 Å². The van der Waals surface area contributed by atoms with Crippen molar-refractivity contribution in [3.05, 3.63) is 60.2 Å². The Morgan fingerprint density at radius 2 is 1.73 bits per heavy atom. The van der Waals surface area contributed by atoms with Gasteiger partial charge in [-0.1, -0.05) is 30.3 Å². The largest absolute Gasteiger partial charge is 0.494 e. The van der Waals surface area contributed by atoms with Crippen LogP contribution in [0.1, 0.15) is 12.5 Å². The predicted octanol–water partition coefficient (Wildman–Crippen LogP) is 2.55. The third-order valence-electron chi connectivity index (χ3n) is 3.98. The molecule has 2 aromatic rings. The van der Waals surface area contributed by atoms with Gasteiger partial charge in [0.15, 0.2) is 0 Å². The number of sulfonamides is 1. The van der Waals surface area contributed by atoms with Gasteiger partial charge < -0.3 is 14.4 Å². The van der Waals surface area contributed by atoms with Crippen LogP contribution < -0.4 is 4.74 Å². The highest BCUT2D eigenvalue weighted by Crippen LogP contribution is 2.20. The molecule has 0 bridgehead atoms. The van der Waals surface area contributed by atoms with E-state index in [2.05, 4.69) is 4.40 Å². The molecule has 6 nitrogen and oxygen atoms in total. The summed E-state index contributed by atoms with van der Waals surface area (Å²) in [5.41, 5.74) is 0.768. The van der Waals surface area contributed by atoms with Crippen molar-refractivity contribution in [2.24, 2.45) is 4.40 Å². The molecule has 1 aliphatic rings. The number of hydrogen-bond acceptors (Lipinski definition) is 4. The Hall–Kier alpha value is -2.38. The Morgan fingerprint density at radius 3 is 2.35 bits per heavy atom. The zero-order valence-corrected chi connectivity index (χ0v) is 15.5. The lowest BCUT2D eigenvalue weighted by atomic mass is 10.2. The van der Waals surface area contributed by atoms with Crippen LogP contribution >= 0.6 is 0 Å². The second-order valence-electron chi connectivity index (χ2n) is 5.76. The Balaban J connectivity index is 1.97. The number of morpholine rings is 1. The summed E-state index contributed by atoms with van der Waals surface area (Å²) < 4.78 is 40.6. The molecule has 3 rings (SSSR count). The van der Waals surface area contributed by atoms with Crippen LogP contribution in [0.15, 0.2) is 63.9 Å². The average Bonchev–Trinajstić information content (AvgIpc) is 2.68. The molecule has 26 heavy (non-hydrogen) atoms. The Bertz CT molecular complexity index is 843. The number of amidine groups is 1. The van der Waals surface area contributed by atoms with Crippen molar-refractivity contribution < 1.29 is 17.9 Å². The fraction of sp³-hybridized carbons (Fsp3) is 0.316. The smallest absolute Gasteiger partial charge is 0.284 e. The van der Waals surface area contributed by atoms with Crippen LogP contribution in [0.25, 0.3) is 0 Å². The molecule has 0 aliphatic carbocycles. The minimum absolute atomic E-state index is 0.141. The van der Waals surface area contributed by atoms with Crippen molar-refractivity contribution in [3.8, 4) is 5.75 Å². The maximum atomic E-state index is 12.8. The van der Waals surface area contributed by atoms with E-state index in [1.807, 2.05) is 42.2 Å². The Kier molecular flexibility index (Phi) is 5.90. The van der Waals surface area contributed by atoms with Crippen molar-refractivity contribution >= 4 is 15.9 Å². The fourth-order valence-electron chi connectivity index (χ4n) is 2.70. The standard InChI is InChI=1S/C19H22N2O4S/c1-2-25-17-8-10-18(11-9-17)26(22,23)20-19(16-6-4-3-5-7-16)21-12-14-24-15-13-21/h3-11H,2,12-15H2,1H3/b20-19-. The van der Waals surface area contributed by atoms with Crippen molar-refractivity contribution in [1.82, 2.24) is 4.90 Å². The van der Waals surface area contributed by atoms with Gasteiger partial charge in [0.1, 0.15) is 11.6 Å². The maximum absolute atomic E-state index is 12.8. The molecule has 0 aromatic heterocycles. The van der Waals surface area contributed by atoms with Gasteiger partial charge in [0.05, 0.1) is 24.7 Å². The fourth-order valence-corrected chi connectivity index (χ4v) is 3.73. The van der Waals surface area contributed by atoms with Crippen LogP contribution in [0.2, 0.25) is 0 Å². The van der Waals surface area contributed by atoms with E-state index in [1.54, 1.807) is 12.1 Å². The van der Waals surface area contributed by atoms with E-state index < -0.39 is 10.0 Å². The lowest BCUT2D eigenvalue weighted by Crippen LogP contribution is -2.41. The first-order valence-electron chi connectivity index (χ1n) is 8.56. The lowest BCUT2D eigenvalue weighted by molar-refractivity contribution is 0.0683. The van der Waals surface area contributed by atoms with Gasteiger partial charge in [-0.05, 0) is 31.2 Å². The number of ether oxygens (including phenoxy) is 2. The third-order valence-corrected chi connectivity index (χ3v) is 5.26. The highest BCUT2D eigenvalue weighted by Gasteiger charge is 2.21. The summed E-state index contributed by atoms with van der Waals surface area (Å²) in [5, 5.41) is 0. The van der Waals surface area contributed by atoms with Crippen LogP contribution in [-0.4, -0.2) is 52.1 Å². The van der Waals surface area contributed by atoms with E-state index in [-0.39, 0.29) is 4.90 Å². The second kappa shape index (κ2) is 8.33. The van der Waals surface area contributed by atoms with Crippen LogP contribution in [0.3, 0.4) is 0 Å². The molecule has 0 radical (unpaired) electrons. The summed E-state index contributed by atoms with van der Waals surface area (Å²) in [7, 11) is -3.84. The number of nitrogens with zero attached hydrogens (tertiary/aromatic N) is 2. The summed E-state index contributed by atoms with van der Waals surface area (Å²) in [4.78, 5) is 2.09. The molecular weight excluding hydrogens is 352 g/mol. The minimum atomic E-state index is -3.84. The number of benzene rings is 2. The maximum Gasteiger partial charge on any atom is 0.284 e.